The maximum atomic E-state index is 14.8. The van der Waals surface area contributed by atoms with Crippen LogP contribution in [0.4, 0.5) is 26.3 Å². The Balaban J connectivity index is 2.36. The zero-order valence-corrected chi connectivity index (χ0v) is 21.4. The summed E-state index contributed by atoms with van der Waals surface area (Å²) in [5, 5.41) is 9.44. The molecule has 2 atom stereocenters. The summed E-state index contributed by atoms with van der Waals surface area (Å²) in [5.74, 6) is -2.86. The highest BCUT2D eigenvalue weighted by atomic mass is 32.2. The highest BCUT2D eigenvalue weighted by Gasteiger charge is 2.45. The normalized spacial score (nSPS) is 14.6. The second-order valence-corrected chi connectivity index (χ2v) is 11.5. The summed E-state index contributed by atoms with van der Waals surface area (Å²) < 4.78 is 102. The number of nitriles is 1. The smallest absolute Gasteiger partial charge is 0.428 e. The molecule has 0 fully saturated rings. The average Bonchev–Trinajstić information content (AvgIpc) is 2.83. The predicted octanol–water partition coefficient (Wildman–Crippen LogP) is 6.61. The minimum absolute atomic E-state index is 0.0830. The van der Waals surface area contributed by atoms with Crippen molar-refractivity contribution in [1.82, 2.24) is 4.72 Å². The topological polar surface area (TPSA) is 62.1 Å². The summed E-state index contributed by atoms with van der Waals surface area (Å²) >= 11 is 0. The van der Waals surface area contributed by atoms with Crippen molar-refractivity contribution in [2.24, 2.45) is 0 Å². The van der Waals surface area contributed by atoms with Crippen LogP contribution in [0, 0.1) is 23.0 Å². The molecule has 0 aromatic heterocycles. The second kappa shape index (κ2) is 11.2. The van der Waals surface area contributed by atoms with Crippen molar-refractivity contribution in [2.45, 2.75) is 50.0 Å². The van der Waals surface area contributed by atoms with E-state index in [4.69, 9.17) is 0 Å². The number of hydrogen-bond donors (Lipinski definition) is 1. The van der Waals surface area contributed by atoms with Crippen molar-refractivity contribution >= 4 is 11.0 Å². The molecule has 0 radical (unpaired) electrons. The molecule has 0 amide bonds. The molecule has 0 aliphatic heterocycles. The third kappa shape index (κ3) is 6.55. The fraction of sp³-hybridized carbons (Fsp3) is 0.296. The Morgan fingerprint density at radius 2 is 1.63 bits per heavy atom. The van der Waals surface area contributed by atoms with Gasteiger partial charge in [0, 0.05) is 6.07 Å². The first kappa shape index (κ1) is 29.2. The third-order valence-electron chi connectivity index (χ3n) is 5.59. The van der Waals surface area contributed by atoms with Crippen LogP contribution in [0.1, 0.15) is 43.0 Å². The third-order valence-corrected chi connectivity index (χ3v) is 7.23. The number of alkyl halides is 4. The van der Waals surface area contributed by atoms with Crippen LogP contribution in [0.15, 0.2) is 66.7 Å². The summed E-state index contributed by atoms with van der Waals surface area (Å²) in [5.41, 5.74) is -1.47. The van der Waals surface area contributed by atoms with E-state index in [1.165, 1.54) is 12.1 Å². The van der Waals surface area contributed by atoms with Gasteiger partial charge in [-0.2, -0.15) is 22.8 Å². The Kier molecular flexibility index (Phi) is 8.58. The minimum atomic E-state index is -4.92. The first-order valence-electron chi connectivity index (χ1n) is 11.3. The van der Waals surface area contributed by atoms with Gasteiger partial charge < -0.3 is 4.74 Å². The van der Waals surface area contributed by atoms with Gasteiger partial charge in [-0.25, -0.2) is 17.7 Å². The number of nitrogens with one attached hydrogen (secondary N) is 1. The predicted molar refractivity (Wildman–Crippen MR) is 131 cm³/mol. The fourth-order valence-electron chi connectivity index (χ4n) is 3.68. The number of ether oxygens (including phenoxy) is 1. The van der Waals surface area contributed by atoms with Gasteiger partial charge in [0.1, 0.15) is 23.5 Å². The molecular weight excluding hydrogens is 530 g/mol. The Bertz CT molecular complexity index is 1360. The van der Waals surface area contributed by atoms with Crippen molar-refractivity contribution in [2.75, 3.05) is 0 Å². The molecule has 1 unspecified atom stereocenters. The van der Waals surface area contributed by atoms with Gasteiger partial charge >= 0.3 is 12.5 Å². The molecule has 4 nitrogen and oxygen atoms in total. The molecule has 0 saturated carbocycles. The van der Waals surface area contributed by atoms with Crippen LogP contribution >= 0.6 is 0 Å². The molecule has 3 aromatic carbocycles. The Hall–Kier alpha value is -3.36. The van der Waals surface area contributed by atoms with Crippen molar-refractivity contribution in [1.29, 1.82) is 5.26 Å². The lowest BCUT2D eigenvalue weighted by atomic mass is 9.78. The van der Waals surface area contributed by atoms with E-state index >= 15 is 0 Å². The number of hydrogen-bond acceptors (Lipinski definition) is 3. The first-order chi connectivity index (χ1) is 17.7. The molecule has 0 aliphatic rings. The van der Waals surface area contributed by atoms with Gasteiger partial charge in [0.25, 0.3) is 0 Å². The van der Waals surface area contributed by atoms with Gasteiger partial charge in [-0.1, -0.05) is 36.4 Å². The lowest BCUT2D eigenvalue weighted by molar-refractivity contribution is -0.253. The van der Waals surface area contributed by atoms with Crippen molar-refractivity contribution in [3.63, 3.8) is 0 Å². The number of nitrogens with zero attached hydrogens (tertiary/aromatic N) is 1. The minimum Gasteiger partial charge on any atom is -0.428 e. The van der Waals surface area contributed by atoms with Gasteiger partial charge in [-0.05, 0) is 68.1 Å². The van der Waals surface area contributed by atoms with E-state index in [-0.39, 0.29) is 23.1 Å². The molecule has 0 bridgehead atoms. The van der Waals surface area contributed by atoms with E-state index < -0.39 is 51.2 Å². The summed E-state index contributed by atoms with van der Waals surface area (Å²) in [6, 6.07) is 16.1. The summed E-state index contributed by atoms with van der Waals surface area (Å²) in [6.45, 7) is 4.95. The van der Waals surface area contributed by atoms with Gasteiger partial charge in [0.05, 0.1) is 26.8 Å². The fourth-order valence-corrected chi connectivity index (χ4v) is 4.61. The quantitative estimate of drug-likeness (QED) is 0.303. The highest BCUT2D eigenvalue weighted by Crippen LogP contribution is 2.39. The van der Waals surface area contributed by atoms with Crippen molar-refractivity contribution in [3.8, 4) is 11.8 Å². The van der Waals surface area contributed by atoms with Gasteiger partial charge in [-0.15, -0.1) is 0 Å². The Morgan fingerprint density at radius 3 is 2.21 bits per heavy atom. The molecule has 0 saturated heterocycles. The standard InChI is InChI=1S/C27H24F6N2O2S/c1-25(2,3)38(36)35-26(15-17-7-5-4-6-8-17,19-9-10-23(29)18(11-19)16-34)20-12-21(28)14-22(13-20)37-27(32,33)24(30)31/h4-14,24,35H,15H2,1-3H3/t26-,38?/m0/s1. The summed E-state index contributed by atoms with van der Waals surface area (Å²) in [6.07, 6.45) is -9.19. The highest BCUT2D eigenvalue weighted by molar-refractivity contribution is 7.84. The molecule has 0 heterocycles. The zero-order valence-electron chi connectivity index (χ0n) is 20.6. The molecule has 1 N–H and O–H groups in total. The van der Waals surface area contributed by atoms with Crippen LogP contribution in [-0.4, -0.2) is 21.5 Å². The molecule has 202 valence electrons. The van der Waals surface area contributed by atoms with E-state index in [1.54, 1.807) is 57.2 Å². The van der Waals surface area contributed by atoms with Crippen LogP contribution in [0.5, 0.6) is 5.75 Å². The lowest BCUT2D eigenvalue weighted by Crippen LogP contribution is -2.50. The van der Waals surface area contributed by atoms with Crippen LogP contribution in [0.2, 0.25) is 0 Å². The molecule has 3 aromatic rings. The monoisotopic (exact) mass is 554 g/mol. The largest absolute Gasteiger partial charge is 0.461 e. The maximum Gasteiger partial charge on any atom is 0.461 e. The second-order valence-electron chi connectivity index (χ2n) is 9.50. The van der Waals surface area contributed by atoms with E-state index in [2.05, 4.69) is 9.46 Å². The van der Waals surface area contributed by atoms with Crippen LogP contribution in [0.25, 0.3) is 0 Å². The van der Waals surface area contributed by atoms with E-state index in [0.29, 0.717) is 11.6 Å². The molecule has 3 rings (SSSR count). The molecule has 0 aliphatic carbocycles. The van der Waals surface area contributed by atoms with Crippen LogP contribution < -0.4 is 9.46 Å². The van der Waals surface area contributed by atoms with E-state index in [1.807, 2.05) is 0 Å². The van der Waals surface area contributed by atoms with Crippen molar-refractivity contribution in [3.05, 3.63) is 101 Å². The number of halogens is 6. The molecule has 11 heteroatoms. The molecule has 38 heavy (non-hydrogen) atoms. The number of benzene rings is 3. The van der Waals surface area contributed by atoms with Crippen LogP contribution in [0.3, 0.4) is 0 Å². The summed E-state index contributed by atoms with van der Waals surface area (Å²) in [7, 11) is -1.89. The lowest BCUT2D eigenvalue weighted by Gasteiger charge is -2.38. The first-order valence-corrected chi connectivity index (χ1v) is 12.4. The zero-order chi connectivity index (χ0) is 28.3. The Morgan fingerprint density at radius 1 is 0.974 bits per heavy atom. The van der Waals surface area contributed by atoms with E-state index in [0.717, 1.165) is 18.2 Å². The van der Waals surface area contributed by atoms with Crippen molar-refractivity contribution < 1.29 is 35.3 Å². The van der Waals surface area contributed by atoms with Gasteiger partial charge in [0.2, 0.25) is 0 Å². The molecule has 0 spiro atoms. The number of rotatable bonds is 9. The average molecular weight is 555 g/mol. The van der Waals surface area contributed by atoms with Gasteiger partial charge in [0.15, 0.2) is 0 Å². The summed E-state index contributed by atoms with van der Waals surface area (Å²) in [4.78, 5) is 0. The SMILES string of the molecule is CC(C)(C)S(=O)N[C@](Cc1ccccc1)(c1cc(F)cc(OC(F)(F)C(F)F)c1)c1ccc(F)c(C#N)c1. The van der Waals surface area contributed by atoms with Gasteiger partial charge in [-0.3, -0.25) is 0 Å². The maximum absolute atomic E-state index is 14.8. The van der Waals surface area contributed by atoms with E-state index in [9.17, 15) is 35.8 Å². The van der Waals surface area contributed by atoms with Crippen LogP contribution in [-0.2, 0) is 22.9 Å². The molecular formula is C27H24F6N2O2S. The Labute approximate surface area is 218 Å².